The van der Waals surface area contributed by atoms with Gasteiger partial charge in [0.25, 0.3) is 5.91 Å². The number of nitrogens with zero attached hydrogens (tertiary/aromatic N) is 3. The number of hydrogen-bond acceptors (Lipinski definition) is 8. The molecule has 1 spiro atoms. The monoisotopic (exact) mass is 740 g/mol. The minimum atomic E-state index is -3.56. The summed E-state index contributed by atoms with van der Waals surface area (Å²) in [4.78, 5) is 31.0. The molecule has 2 aromatic carbocycles. The second-order valence-corrected chi connectivity index (χ2v) is 17.8. The van der Waals surface area contributed by atoms with Gasteiger partial charge >= 0.3 is 6.03 Å². The first kappa shape index (κ1) is 36.2. The van der Waals surface area contributed by atoms with Gasteiger partial charge in [0, 0.05) is 43.3 Å². The third-order valence-electron chi connectivity index (χ3n) is 11.4. The molecule has 1 unspecified atom stereocenters. The zero-order chi connectivity index (χ0) is 36.0. The summed E-state index contributed by atoms with van der Waals surface area (Å²) < 4.78 is 39.0. The molecule has 1 saturated heterocycles. The smallest absolute Gasteiger partial charge is 0.330 e. The number of aryl methyl sites for hydroxylation is 1. The largest absolute Gasteiger partial charge is 0.490 e. The van der Waals surface area contributed by atoms with Crippen LogP contribution in [-0.2, 0) is 31.2 Å². The average molecular weight is 741 g/mol. The number of allylic oxidation sites excluding steroid dienone is 1. The number of likely N-dealkylation sites (tertiary alicyclic amines) is 1. The van der Waals surface area contributed by atoms with Gasteiger partial charge < -0.3 is 29.1 Å². The van der Waals surface area contributed by atoms with E-state index in [9.17, 15) is 18.9 Å². The topological polar surface area (TPSA) is 130 Å². The Balaban J connectivity index is 1.26. The van der Waals surface area contributed by atoms with Crippen molar-refractivity contribution >= 4 is 39.1 Å². The highest BCUT2D eigenvalue weighted by Gasteiger charge is 2.46. The van der Waals surface area contributed by atoms with E-state index in [4.69, 9.17) is 25.8 Å². The van der Waals surface area contributed by atoms with Gasteiger partial charge in [0.2, 0.25) is 0 Å². The molecule has 11 nitrogen and oxygen atoms in total. The molecule has 0 radical (unpaired) electrons. The Morgan fingerprint density at radius 3 is 2.75 bits per heavy atom. The summed E-state index contributed by atoms with van der Waals surface area (Å²) in [5.74, 6) is 0.522. The summed E-state index contributed by atoms with van der Waals surface area (Å²) >= 11 is 6.45. The van der Waals surface area contributed by atoms with Crippen molar-refractivity contribution in [2.24, 2.45) is 22.1 Å². The molecule has 5 aliphatic rings. The van der Waals surface area contributed by atoms with Crippen molar-refractivity contribution in [2.45, 2.75) is 62.6 Å². The number of fused-ring (bicyclic) bond motifs is 4. The molecule has 13 heteroatoms. The Morgan fingerprint density at radius 2 is 2.00 bits per heavy atom. The highest BCUT2D eigenvalue weighted by Crippen LogP contribution is 2.47. The van der Waals surface area contributed by atoms with Gasteiger partial charge in [-0.2, -0.15) is 0 Å². The van der Waals surface area contributed by atoms with Gasteiger partial charge in [-0.25, -0.2) is 9.00 Å². The van der Waals surface area contributed by atoms with Crippen LogP contribution in [0.2, 0.25) is 5.02 Å². The minimum Gasteiger partial charge on any atom is -0.490 e. The first-order chi connectivity index (χ1) is 24.4. The molecule has 2 aliphatic carbocycles. The fraction of sp³-hybridized carbons (Fsp3) is 0.579. The first-order valence-corrected chi connectivity index (χ1v) is 20.1. The Kier molecular flexibility index (Phi) is 10.2. The average Bonchev–Trinajstić information content (AvgIpc) is 3.21. The number of methoxy groups -OCH3 is 2. The van der Waals surface area contributed by atoms with Gasteiger partial charge in [-0.1, -0.05) is 36.7 Å². The molecule has 1 saturated carbocycles. The van der Waals surface area contributed by atoms with Crippen molar-refractivity contribution in [2.75, 3.05) is 64.3 Å². The third kappa shape index (κ3) is 7.40. The lowest BCUT2D eigenvalue weighted by Gasteiger charge is -2.46. The number of halogens is 1. The van der Waals surface area contributed by atoms with Crippen LogP contribution in [0.25, 0.3) is 0 Å². The molecule has 2 fully saturated rings. The van der Waals surface area contributed by atoms with Crippen LogP contribution >= 0.6 is 11.6 Å². The van der Waals surface area contributed by atoms with E-state index < -0.39 is 27.5 Å². The van der Waals surface area contributed by atoms with Crippen molar-refractivity contribution in [3.05, 3.63) is 70.3 Å². The van der Waals surface area contributed by atoms with Crippen LogP contribution in [0.5, 0.6) is 5.75 Å². The van der Waals surface area contributed by atoms with Gasteiger partial charge in [0.1, 0.15) is 21.3 Å². The highest BCUT2D eigenvalue weighted by atomic mass is 35.5. The fourth-order valence-corrected chi connectivity index (χ4v) is 10.8. The number of carbonyl (C=O) groups excluding carboxylic acids is 2. The lowest BCUT2D eigenvalue weighted by atomic mass is 9.68. The minimum absolute atomic E-state index is 0.0225. The second kappa shape index (κ2) is 14.3. The number of ether oxygens (including phenoxy) is 3. The van der Waals surface area contributed by atoms with E-state index in [-0.39, 0.29) is 48.4 Å². The molecule has 2 N–H and O–H groups in total. The lowest BCUT2D eigenvalue weighted by Crippen LogP contribution is -2.67. The predicted octanol–water partition coefficient (Wildman–Crippen LogP) is 5.38. The molecule has 276 valence electrons. The van der Waals surface area contributed by atoms with Gasteiger partial charge in [-0.3, -0.25) is 9.52 Å². The molecule has 6 atom stereocenters. The summed E-state index contributed by atoms with van der Waals surface area (Å²) in [6, 6.07) is 10.9. The number of aliphatic hydroxyl groups is 1. The molecule has 2 aromatic rings. The summed E-state index contributed by atoms with van der Waals surface area (Å²) in [5, 5.41) is 11.3. The number of nitrogens with one attached hydrogen (secondary N) is 1. The Bertz CT molecular complexity index is 1820. The van der Waals surface area contributed by atoms with E-state index >= 15 is 0 Å². The third-order valence-corrected chi connectivity index (χ3v) is 13.6. The fourth-order valence-electron chi connectivity index (χ4n) is 8.74. The van der Waals surface area contributed by atoms with Crippen LogP contribution < -0.4 is 14.4 Å². The summed E-state index contributed by atoms with van der Waals surface area (Å²) in [6.45, 7) is 4.01. The summed E-state index contributed by atoms with van der Waals surface area (Å²) in [7, 11) is -0.330. The molecule has 7 rings (SSSR count). The number of benzene rings is 2. The molecular weight excluding hydrogens is 692 g/mol. The molecule has 3 amide bonds. The van der Waals surface area contributed by atoms with E-state index in [0.29, 0.717) is 37.2 Å². The number of rotatable bonds is 4. The Morgan fingerprint density at radius 1 is 1.18 bits per heavy atom. The van der Waals surface area contributed by atoms with E-state index in [1.807, 2.05) is 25.1 Å². The van der Waals surface area contributed by atoms with Crippen LogP contribution in [0.4, 0.5) is 10.5 Å². The number of urea groups is 1. The van der Waals surface area contributed by atoms with Gasteiger partial charge in [0.05, 0.1) is 43.8 Å². The SMILES string of the molecule is COCC1(O)CN(C(=O)NS2(=O)=NC(=O)c3ccc4c(c3)N(C[C@@H]3CC[C@H]3[C@@H](OC)/C=C/C[C@H](C)C2)C[C@@]2(CCCc3cc(Cl)ccc32)CO4)C1. The van der Waals surface area contributed by atoms with Crippen LogP contribution in [0, 0.1) is 17.8 Å². The molecule has 3 heterocycles. The summed E-state index contributed by atoms with van der Waals surface area (Å²) in [5.41, 5.74) is 2.16. The van der Waals surface area contributed by atoms with Crippen LogP contribution in [-0.4, -0.2) is 97.2 Å². The van der Waals surface area contributed by atoms with Crippen LogP contribution in [0.1, 0.15) is 60.5 Å². The Hall–Kier alpha value is -3.16. The number of amides is 3. The first-order valence-electron chi connectivity index (χ1n) is 18.0. The maximum atomic E-state index is 14.5. The molecule has 51 heavy (non-hydrogen) atoms. The number of anilines is 1. The van der Waals surface area contributed by atoms with E-state index in [0.717, 1.165) is 49.4 Å². The van der Waals surface area contributed by atoms with Crippen LogP contribution in [0.15, 0.2) is 52.9 Å². The standard InChI is InChI=1S/C38H49ClN4O7S/c1-25-6-4-8-33(49-3)30-12-9-28(30)18-42-20-37(15-5-7-26-16-29(39)11-13-31(26)37)23-50-34-14-10-27(17-32(34)42)35(44)40-51(47,19-25)41-36(45)43-21-38(46,22-43)24-48-2/h4,8,10-11,13-14,16-17,25,28,30,33,46H,5-7,9,12,15,18-24H2,1-3H3,(H,40,41,44,45,47)/b8-4+/t25-,28-,30+,33-,37-,51?/m0/s1. The maximum absolute atomic E-state index is 14.5. The van der Waals surface area contributed by atoms with E-state index in [1.54, 1.807) is 13.2 Å². The molecule has 2 bridgehead atoms. The van der Waals surface area contributed by atoms with Crippen molar-refractivity contribution in [1.82, 2.24) is 9.62 Å². The second-order valence-electron chi connectivity index (χ2n) is 15.4. The predicted molar refractivity (Wildman–Crippen MR) is 197 cm³/mol. The zero-order valence-electron chi connectivity index (χ0n) is 29.6. The number of β-amino-alcohol motifs (C(OH)–C–C–N with tert-alkyl or cyclic N) is 1. The van der Waals surface area contributed by atoms with Crippen molar-refractivity contribution in [3.63, 3.8) is 0 Å². The van der Waals surface area contributed by atoms with Crippen molar-refractivity contribution in [1.29, 1.82) is 0 Å². The maximum Gasteiger partial charge on any atom is 0.330 e. The normalized spacial score (nSPS) is 32.2. The van der Waals surface area contributed by atoms with Gasteiger partial charge in [0.15, 0.2) is 0 Å². The number of hydrogen-bond donors (Lipinski definition) is 2. The molecule has 0 aromatic heterocycles. The quantitative estimate of drug-likeness (QED) is 0.400. The van der Waals surface area contributed by atoms with E-state index in [1.165, 1.54) is 23.1 Å². The van der Waals surface area contributed by atoms with Crippen molar-refractivity contribution < 1.29 is 33.1 Å². The van der Waals surface area contributed by atoms with Gasteiger partial charge in [-0.15, -0.1) is 4.36 Å². The number of carbonyl (C=O) groups is 2. The summed E-state index contributed by atoms with van der Waals surface area (Å²) in [6.07, 6.45) is 9.75. The highest BCUT2D eigenvalue weighted by molar-refractivity contribution is 7.92. The van der Waals surface area contributed by atoms with Gasteiger partial charge in [-0.05, 0) is 97.7 Å². The lowest BCUT2D eigenvalue weighted by molar-refractivity contribution is -0.114. The molecular formula is C38H49ClN4O7S. The molecule has 3 aliphatic heterocycles. The van der Waals surface area contributed by atoms with Crippen molar-refractivity contribution in [3.8, 4) is 5.75 Å². The van der Waals surface area contributed by atoms with Crippen LogP contribution in [0.3, 0.4) is 0 Å². The zero-order valence-corrected chi connectivity index (χ0v) is 31.2. The Labute approximate surface area is 306 Å². The van der Waals surface area contributed by atoms with E-state index in [2.05, 4.69) is 38.3 Å².